The second-order valence-corrected chi connectivity index (χ2v) is 4.67. The molecule has 1 aromatic carbocycles. The fraction of sp³-hybridized carbons (Fsp3) is 0.385. The lowest BCUT2D eigenvalue weighted by Crippen LogP contribution is -2.20. The van der Waals surface area contributed by atoms with E-state index in [1.165, 1.54) is 6.92 Å². The van der Waals surface area contributed by atoms with Crippen molar-refractivity contribution in [2.75, 3.05) is 6.61 Å². The van der Waals surface area contributed by atoms with Crippen LogP contribution >= 0.6 is 11.6 Å². The molecule has 1 aromatic rings. The summed E-state index contributed by atoms with van der Waals surface area (Å²) in [7, 11) is 0. The van der Waals surface area contributed by atoms with Crippen molar-refractivity contribution in [1.29, 1.82) is 0 Å². The van der Waals surface area contributed by atoms with E-state index in [1.54, 1.807) is 6.92 Å². The van der Waals surface area contributed by atoms with Gasteiger partial charge >= 0.3 is 17.6 Å². The molecular formula is C13H13ClFNO6. The Balaban J connectivity index is 2.87. The van der Waals surface area contributed by atoms with E-state index in [1.807, 2.05) is 0 Å². The number of rotatable bonds is 6. The van der Waals surface area contributed by atoms with Gasteiger partial charge in [0.15, 0.2) is 0 Å². The molecular weight excluding hydrogens is 321 g/mol. The average molecular weight is 334 g/mol. The molecule has 0 spiro atoms. The van der Waals surface area contributed by atoms with Crippen LogP contribution in [-0.4, -0.2) is 29.6 Å². The normalized spacial score (nSPS) is 11.6. The molecule has 0 heterocycles. The van der Waals surface area contributed by atoms with Crippen molar-refractivity contribution in [3.05, 3.63) is 38.7 Å². The molecule has 0 aliphatic carbocycles. The lowest BCUT2D eigenvalue weighted by Gasteiger charge is -2.13. The Morgan fingerprint density at radius 1 is 1.45 bits per heavy atom. The fourth-order valence-electron chi connectivity index (χ4n) is 1.58. The lowest BCUT2D eigenvalue weighted by molar-refractivity contribution is -0.387. The zero-order chi connectivity index (χ0) is 16.9. The molecule has 0 bridgehead atoms. The maximum absolute atomic E-state index is 13.3. The van der Waals surface area contributed by atoms with Crippen molar-refractivity contribution in [3.63, 3.8) is 0 Å². The highest BCUT2D eigenvalue weighted by Gasteiger charge is 2.24. The highest BCUT2D eigenvalue weighted by molar-refractivity contribution is 6.33. The summed E-state index contributed by atoms with van der Waals surface area (Å²) < 4.78 is 23.0. The van der Waals surface area contributed by atoms with Gasteiger partial charge in [0.25, 0.3) is 0 Å². The summed E-state index contributed by atoms with van der Waals surface area (Å²) in [4.78, 5) is 32.8. The number of ether oxygens (including phenoxy) is 2. The first kappa shape index (κ1) is 17.8. The van der Waals surface area contributed by atoms with Crippen LogP contribution in [-0.2, 0) is 14.3 Å². The summed E-state index contributed by atoms with van der Waals surface area (Å²) in [5.41, 5.74) is -1.25. The van der Waals surface area contributed by atoms with Gasteiger partial charge in [-0.2, -0.15) is 4.39 Å². The summed E-state index contributed by atoms with van der Waals surface area (Å²) in [6, 6.07) is 1.35. The number of benzene rings is 1. The van der Waals surface area contributed by atoms with Crippen LogP contribution in [0.3, 0.4) is 0 Å². The number of nitro benzene ring substituents is 1. The number of nitro groups is 1. The maximum atomic E-state index is 13.3. The first-order chi connectivity index (χ1) is 10.3. The first-order valence-electron chi connectivity index (χ1n) is 6.26. The molecule has 0 aromatic heterocycles. The number of hydrogen-bond donors (Lipinski definition) is 0. The molecule has 0 saturated carbocycles. The molecule has 0 N–H and O–H groups in total. The summed E-state index contributed by atoms with van der Waals surface area (Å²) in [6.07, 6.45) is -1.01. The Morgan fingerprint density at radius 3 is 2.64 bits per heavy atom. The quantitative estimate of drug-likeness (QED) is 0.451. The van der Waals surface area contributed by atoms with E-state index in [-0.39, 0.29) is 23.6 Å². The maximum Gasteiger partial charge on any atom is 0.340 e. The molecule has 0 fully saturated rings. The first-order valence-corrected chi connectivity index (χ1v) is 6.64. The van der Waals surface area contributed by atoms with Gasteiger partial charge in [-0.25, -0.2) is 4.79 Å². The molecule has 0 saturated heterocycles. The minimum atomic E-state index is -1.16. The third kappa shape index (κ3) is 4.66. The number of carbonyl (C=O) groups is 2. The van der Waals surface area contributed by atoms with Crippen LogP contribution < -0.4 is 0 Å². The highest BCUT2D eigenvalue weighted by Crippen LogP contribution is 2.26. The van der Waals surface area contributed by atoms with Gasteiger partial charge in [0.05, 0.1) is 28.5 Å². The fourth-order valence-corrected chi connectivity index (χ4v) is 1.80. The number of hydrogen-bond acceptors (Lipinski definition) is 6. The van der Waals surface area contributed by atoms with Crippen molar-refractivity contribution in [2.24, 2.45) is 0 Å². The minimum Gasteiger partial charge on any atom is -0.466 e. The van der Waals surface area contributed by atoms with Gasteiger partial charge in [-0.05, 0) is 13.8 Å². The SMILES string of the molecule is CCOC(=O)C[C@H](C)OC(=O)c1cc([N+](=O)[O-])c(F)cc1Cl. The molecule has 0 amide bonds. The van der Waals surface area contributed by atoms with Crippen LogP contribution in [0.1, 0.15) is 30.6 Å². The molecule has 1 atom stereocenters. The Kier molecular flexibility index (Phi) is 6.24. The minimum absolute atomic E-state index is 0.180. The largest absolute Gasteiger partial charge is 0.466 e. The van der Waals surface area contributed by atoms with Gasteiger partial charge in [0.1, 0.15) is 6.10 Å². The summed E-state index contributed by atoms with van der Waals surface area (Å²) in [5.74, 6) is -2.71. The summed E-state index contributed by atoms with van der Waals surface area (Å²) in [6.45, 7) is 3.27. The predicted molar refractivity (Wildman–Crippen MR) is 74.2 cm³/mol. The van der Waals surface area contributed by atoms with Gasteiger partial charge in [0, 0.05) is 12.1 Å². The van der Waals surface area contributed by atoms with Crippen molar-refractivity contribution in [3.8, 4) is 0 Å². The van der Waals surface area contributed by atoms with Crippen molar-refractivity contribution >= 4 is 29.2 Å². The summed E-state index contributed by atoms with van der Waals surface area (Å²) >= 11 is 5.68. The van der Waals surface area contributed by atoms with E-state index < -0.39 is 34.5 Å². The second-order valence-electron chi connectivity index (χ2n) is 4.27. The molecule has 120 valence electrons. The number of esters is 2. The molecule has 0 radical (unpaired) electrons. The van der Waals surface area contributed by atoms with Gasteiger partial charge in [0.2, 0.25) is 5.82 Å². The molecule has 9 heteroatoms. The van der Waals surface area contributed by atoms with Crippen molar-refractivity contribution in [2.45, 2.75) is 26.4 Å². The third-order valence-corrected chi connectivity index (χ3v) is 2.83. The predicted octanol–water partition coefficient (Wildman–Crippen LogP) is 2.89. The zero-order valence-corrected chi connectivity index (χ0v) is 12.6. The van der Waals surface area contributed by atoms with E-state index in [2.05, 4.69) is 0 Å². The van der Waals surface area contributed by atoms with Gasteiger partial charge in [-0.15, -0.1) is 0 Å². The summed E-state index contributed by atoms with van der Waals surface area (Å²) in [5, 5.41) is 10.3. The molecule has 22 heavy (non-hydrogen) atoms. The van der Waals surface area contributed by atoms with E-state index in [0.29, 0.717) is 12.1 Å². The molecule has 7 nitrogen and oxygen atoms in total. The van der Waals surface area contributed by atoms with E-state index in [4.69, 9.17) is 21.1 Å². The lowest BCUT2D eigenvalue weighted by atomic mass is 10.2. The average Bonchev–Trinajstić information content (AvgIpc) is 2.37. The van der Waals surface area contributed by atoms with Gasteiger partial charge in [-0.1, -0.05) is 11.6 Å². The molecule has 0 unspecified atom stereocenters. The van der Waals surface area contributed by atoms with E-state index in [0.717, 1.165) is 0 Å². The van der Waals surface area contributed by atoms with Crippen LogP contribution in [0.4, 0.5) is 10.1 Å². The topological polar surface area (TPSA) is 95.7 Å². The van der Waals surface area contributed by atoms with Crippen molar-refractivity contribution < 1.29 is 28.4 Å². The van der Waals surface area contributed by atoms with E-state index >= 15 is 0 Å². The zero-order valence-electron chi connectivity index (χ0n) is 11.8. The second kappa shape index (κ2) is 7.69. The van der Waals surface area contributed by atoms with Crippen molar-refractivity contribution in [1.82, 2.24) is 0 Å². The Bertz CT molecular complexity index is 606. The number of nitrogens with zero attached hydrogens (tertiary/aromatic N) is 1. The monoisotopic (exact) mass is 333 g/mol. The number of halogens is 2. The Labute approximate surface area is 130 Å². The molecule has 1 rings (SSSR count). The smallest absolute Gasteiger partial charge is 0.340 e. The van der Waals surface area contributed by atoms with Crippen LogP contribution in [0.25, 0.3) is 0 Å². The Hall–Kier alpha value is -2.22. The van der Waals surface area contributed by atoms with Crippen LogP contribution in [0, 0.1) is 15.9 Å². The highest BCUT2D eigenvalue weighted by atomic mass is 35.5. The molecule has 0 aliphatic heterocycles. The molecule has 0 aliphatic rings. The van der Waals surface area contributed by atoms with Crippen LogP contribution in [0.2, 0.25) is 5.02 Å². The van der Waals surface area contributed by atoms with Crippen LogP contribution in [0.5, 0.6) is 0 Å². The standard InChI is InChI=1S/C13H13ClFNO6/c1-3-21-12(17)4-7(2)22-13(18)8-5-11(16(19)20)10(15)6-9(8)14/h5-7H,3-4H2,1-2H3/t7-/m0/s1. The van der Waals surface area contributed by atoms with E-state index in [9.17, 15) is 24.1 Å². The number of carbonyl (C=O) groups excluding carboxylic acids is 2. The van der Waals surface area contributed by atoms with Crippen LogP contribution in [0.15, 0.2) is 12.1 Å². The van der Waals surface area contributed by atoms with Gasteiger partial charge < -0.3 is 9.47 Å². The third-order valence-electron chi connectivity index (χ3n) is 2.52. The Morgan fingerprint density at radius 2 is 2.09 bits per heavy atom. The van der Waals surface area contributed by atoms with Gasteiger partial charge in [-0.3, -0.25) is 14.9 Å².